The van der Waals surface area contributed by atoms with Crippen LogP contribution in [0.5, 0.6) is 0 Å². The summed E-state index contributed by atoms with van der Waals surface area (Å²) < 4.78 is 0. The van der Waals surface area contributed by atoms with E-state index in [1.54, 1.807) is 18.2 Å². The number of Topliss-reactive ketones (excluding diaryl/α,β-unsaturated/α-hetero) is 2. The van der Waals surface area contributed by atoms with E-state index in [0.29, 0.717) is 0 Å². The lowest BCUT2D eigenvalue weighted by Gasteiger charge is -1.92. The van der Waals surface area contributed by atoms with Crippen LogP contribution in [0, 0.1) is 6.92 Å². The highest BCUT2D eigenvalue weighted by molar-refractivity contribution is 6.45. The zero-order valence-corrected chi connectivity index (χ0v) is 5.70. The van der Waals surface area contributed by atoms with Gasteiger partial charge in [-0.3, -0.25) is 9.59 Å². The highest BCUT2D eigenvalue weighted by atomic mass is 16.2. The fraction of sp³-hybridized carbons (Fsp3) is 0. The number of benzene rings is 1. The normalized spacial score (nSPS) is 9.18. The first-order valence-electron chi connectivity index (χ1n) is 3.07. The van der Waals surface area contributed by atoms with Crippen LogP contribution in [-0.2, 0) is 4.79 Å². The van der Waals surface area contributed by atoms with Crippen molar-refractivity contribution in [3.8, 4) is 0 Å². The smallest absolute Gasteiger partial charge is 0.229 e. The predicted molar refractivity (Wildman–Crippen MR) is 39.0 cm³/mol. The highest BCUT2D eigenvalue weighted by Gasteiger charge is 2.09. The van der Waals surface area contributed by atoms with Crippen molar-refractivity contribution in [1.29, 1.82) is 0 Å². The Labute approximate surface area is 64.8 Å². The van der Waals surface area contributed by atoms with Gasteiger partial charge in [-0.1, -0.05) is 30.3 Å². The zero-order chi connectivity index (χ0) is 8.27. The molecule has 3 radical (unpaired) electrons. The number of hydrogen-bond acceptors (Lipinski definition) is 2. The number of carbonyl (C=O) groups excluding carboxylic acids is 2. The van der Waals surface area contributed by atoms with Gasteiger partial charge in [-0.2, -0.15) is 0 Å². The third-order valence-electron chi connectivity index (χ3n) is 1.24. The molecule has 0 spiro atoms. The molecule has 0 atom stereocenters. The van der Waals surface area contributed by atoms with E-state index in [2.05, 4.69) is 0 Å². The average Bonchev–Trinajstić information content (AvgIpc) is 2.05. The van der Waals surface area contributed by atoms with Crippen LogP contribution in [0.15, 0.2) is 30.3 Å². The van der Waals surface area contributed by atoms with Gasteiger partial charge in [0.2, 0.25) is 11.6 Å². The van der Waals surface area contributed by atoms with Crippen molar-refractivity contribution in [3.05, 3.63) is 42.8 Å². The van der Waals surface area contributed by atoms with Crippen molar-refractivity contribution in [2.75, 3.05) is 0 Å². The average molecular weight is 145 g/mol. The topological polar surface area (TPSA) is 34.1 Å². The van der Waals surface area contributed by atoms with E-state index in [0.717, 1.165) is 0 Å². The standard InChI is InChI=1S/C9H5O2/c1-7(10)9(11)8-5-3-2-4-6-8/h2-6H. The third-order valence-corrected chi connectivity index (χ3v) is 1.24. The summed E-state index contributed by atoms with van der Waals surface area (Å²) in [5.41, 5.74) is 0.271. The van der Waals surface area contributed by atoms with Gasteiger partial charge in [-0.25, -0.2) is 0 Å². The summed E-state index contributed by atoms with van der Waals surface area (Å²) >= 11 is 0. The maximum absolute atomic E-state index is 10.8. The molecule has 53 valence electrons. The second-order valence-corrected chi connectivity index (χ2v) is 2.02. The lowest BCUT2D eigenvalue weighted by Crippen LogP contribution is -2.09. The van der Waals surface area contributed by atoms with Gasteiger partial charge in [-0.05, 0) is 0 Å². The summed E-state index contributed by atoms with van der Waals surface area (Å²) in [6.07, 6.45) is 0. The minimum Gasteiger partial charge on any atom is -0.290 e. The van der Waals surface area contributed by atoms with E-state index in [1.807, 2.05) is 0 Å². The van der Waals surface area contributed by atoms with Crippen molar-refractivity contribution in [2.45, 2.75) is 0 Å². The van der Waals surface area contributed by atoms with Crippen LogP contribution in [0.2, 0.25) is 0 Å². The van der Waals surface area contributed by atoms with Crippen molar-refractivity contribution < 1.29 is 9.59 Å². The van der Waals surface area contributed by atoms with Crippen LogP contribution in [0.25, 0.3) is 0 Å². The molecular weight excluding hydrogens is 140 g/mol. The van der Waals surface area contributed by atoms with E-state index < -0.39 is 11.6 Å². The molecule has 0 heterocycles. The second kappa shape index (κ2) is 3.10. The quantitative estimate of drug-likeness (QED) is 0.460. The summed E-state index contributed by atoms with van der Waals surface area (Å²) in [5.74, 6) is -1.93. The third kappa shape index (κ3) is 1.74. The Morgan fingerprint density at radius 2 is 1.64 bits per heavy atom. The van der Waals surface area contributed by atoms with E-state index in [1.165, 1.54) is 12.1 Å². The van der Waals surface area contributed by atoms with Crippen LogP contribution >= 0.6 is 0 Å². The maximum atomic E-state index is 10.8. The molecule has 1 aromatic rings. The molecule has 0 aliphatic heterocycles. The van der Waals surface area contributed by atoms with Crippen molar-refractivity contribution in [1.82, 2.24) is 0 Å². The molecule has 2 nitrogen and oxygen atoms in total. The lowest BCUT2D eigenvalue weighted by atomic mass is 10.1. The SMILES string of the molecule is [C]C(=O)C(=O)c1ccccc1. The highest BCUT2D eigenvalue weighted by Crippen LogP contribution is 1.99. The van der Waals surface area contributed by atoms with Crippen LogP contribution in [0.3, 0.4) is 0 Å². The van der Waals surface area contributed by atoms with Crippen LogP contribution in [-0.4, -0.2) is 11.6 Å². The Balaban J connectivity index is 2.95. The molecule has 0 unspecified atom stereocenters. The van der Waals surface area contributed by atoms with Gasteiger partial charge in [0.05, 0.1) is 6.92 Å². The molecule has 2 heteroatoms. The molecular formula is C9H5O2. The largest absolute Gasteiger partial charge is 0.290 e. The van der Waals surface area contributed by atoms with Gasteiger partial charge < -0.3 is 0 Å². The van der Waals surface area contributed by atoms with Gasteiger partial charge in [0.25, 0.3) is 0 Å². The lowest BCUT2D eigenvalue weighted by molar-refractivity contribution is -0.111. The predicted octanol–water partition coefficient (Wildman–Crippen LogP) is 1.03. The molecule has 1 aromatic carbocycles. The second-order valence-electron chi connectivity index (χ2n) is 2.02. The van der Waals surface area contributed by atoms with E-state index in [9.17, 15) is 9.59 Å². The molecule has 0 aliphatic carbocycles. The van der Waals surface area contributed by atoms with E-state index >= 15 is 0 Å². The number of hydrogen-bond donors (Lipinski definition) is 0. The Morgan fingerprint density at radius 1 is 1.09 bits per heavy atom. The summed E-state index contributed by atoms with van der Waals surface area (Å²) in [6.45, 7) is 6.53. The molecule has 0 aromatic heterocycles. The van der Waals surface area contributed by atoms with Gasteiger partial charge in [0.15, 0.2) is 0 Å². The first kappa shape index (κ1) is 7.66. The first-order valence-corrected chi connectivity index (χ1v) is 3.07. The van der Waals surface area contributed by atoms with Crippen molar-refractivity contribution >= 4 is 11.6 Å². The summed E-state index contributed by atoms with van der Waals surface area (Å²) in [4.78, 5) is 21.1. The van der Waals surface area contributed by atoms with Gasteiger partial charge in [-0.15, -0.1) is 0 Å². The Morgan fingerprint density at radius 3 is 2.09 bits per heavy atom. The minimum absolute atomic E-state index is 0.271. The van der Waals surface area contributed by atoms with E-state index in [4.69, 9.17) is 6.92 Å². The molecule has 0 saturated heterocycles. The van der Waals surface area contributed by atoms with Crippen LogP contribution in [0.4, 0.5) is 0 Å². The first-order chi connectivity index (χ1) is 5.22. The molecule has 0 amide bonds. The molecule has 1 rings (SSSR count). The van der Waals surface area contributed by atoms with Gasteiger partial charge >= 0.3 is 0 Å². The molecule has 0 N–H and O–H groups in total. The summed E-state index contributed by atoms with van der Waals surface area (Å²) in [7, 11) is 0. The Hall–Kier alpha value is -1.44. The molecule has 0 bridgehead atoms. The van der Waals surface area contributed by atoms with Crippen LogP contribution < -0.4 is 0 Å². The summed E-state index contributed by atoms with van der Waals surface area (Å²) in [6, 6.07) is 8.06. The minimum atomic E-state index is -1.17. The Bertz CT molecular complexity index is 275. The monoisotopic (exact) mass is 145 g/mol. The number of carbonyl (C=O) groups is 2. The fourth-order valence-electron chi connectivity index (χ4n) is 0.721. The van der Waals surface area contributed by atoms with Gasteiger partial charge in [0.1, 0.15) is 0 Å². The Kier molecular flexibility index (Phi) is 2.16. The molecule has 11 heavy (non-hydrogen) atoms. The molecule has 0 fully saturated rings. The van der Waals surface area contributed by atoms with Crippen LogP contribution in [0.1, 0.15) is 10.4 Å². The molecule has 0 saturated carbocycles. The number of rotatable bonds is 2. The fourth-order valence-corrected chi connectivity index (χ4v) is 0.721. The number of ketones is 2. The van der Waals surface area contributed by atoms with Crippen molar-refractivity contribution in [2.24, 2.45) is 0 Å². The van der Waals surface area contributed by atoms with Gasteiger partial charge in [0, 0.05) is 5.56 Å². The molecule has 0 aliphatic rings. The maximum Gasteiger partial charge on any atom is 0.229 e. The van der Waals surface area contributed by atoms with E-state index in [-0.39, 0.29) is 5.56 Å². The zero-order valence-electron chi connectivity index (χ0n) is 5.70. The van der Waals surface area contributed by atoms with Crippen molar-refractivity contribution in [3.63, 3.8) is 0 Å². The summed E-state index contributed by atoms with van der Waals surface area (Å²) in [5, 5.41) is 0.